The number of pyridine rings is 1. The summed E-state index contributed by atoms with van der Waals surface area (Å²) < 4.78 is 6.18. The van der Waals surface area contributed by atoms with Gasteiger partial charge < -0.3 is 19.4 Å². The highest BCUT2D eigenvalue weighted by Gasteiger charge is 2.45. The molecular weight excluding hydrogens is 760 g/mol. The third kappa shape index (κ3) is 7.26. The molecule has 3 aromatic rings. The molecule has 6 heterocycles. The van der Waals surface area contributed by atoms with Gasteiger partial charge in [0.15, 0.2) is 0 Å². The lowest BCUT2D eigenvalue weighted by Crippen LogP contribution is -2.54. The maximum absolute atomic E-state index is 13.5. The van der Waals surface area contributed by atoms with Gasteiger partial charge in [0, 0.05) is 76.7 Å². The lowest BCUT2D eigenvalue weighted by atomic mass is 9.92. The number of ether oxygens (including phenoxy) is 1. The molecule has 1 aromatic heterocycles. The van der Waals surface area contributed by atoms with Gasteiger partial charge in [-0.25, -0.2) is 9.83 Å². The Kier molecular flexibility index (Phi) is 10.3. The van der Waals surface area contributed by atoms with Gasteiger partial charge in [0.25, 0.3) is 17.7 Å². The molecule has 5 amide bonds. The molecule has 0 radical (unpaired) electrons. The molecule has 3 saturated heterocycles. The number of anilines is 2. The summed E-state index contributed by atoms with van der Waals surface area (Å²) in [5.41, 5.74) is 3.66. The number of amides is 5. The molecule has 1 unspecified atom stereocenters. The van der Waals surface area contributed by atoms with Crippen LogP contribution in [0.4, 0.5) is 17.2 Å². The zero-order chi connectivity index (χ0) is 40.1. The molecule has 0 spiro atoms. The fourth-order valence-corrected chi connectivity index (χ4v) is 9.77. The Morgan fingerprint density at radius 1 is 0.793 bits per heavy atom. The van der Waals surface area contributed by atoms with Crippen molar-refractivity contribution >= 4 is 58.3 Å². The third-order valence-electron chi connectivity index (χ3n) is 12.8. The van der Waals surface area contributed by atoms with Gasteiger partial charge in [0.1, 0.15) is 17.6 Å². The second-order valence-corrected chi connectivity index (χ2v) is 16.7. The van der Waals surface area contributed by atoms with Crippen LogP contribution in [-0.4, -0.2) is 113 Å². The minimum atomic E-state index is -0.973. The summed E-state index contributed by atoms with van der Waals surface area (Å²) in [5, 5.41) is 2.64. The largest absolute Gasteiger partial charge is 0.490 e. The molecule has 5 aliphatic heterocycles. The van der Waals surface area contributed by atoms with Crippen LogP contribution >= 0.6 is 11.6 Å². The van der Waals surface area contributed by atoms with Crippen LogP contribution in [0.15, 0.2) is 48.7 Å². The molecule has 0 bridgehead atoms. The number of hydrogen-bond donors (Lipinski definition) is 1. The molecule has 14 nitrogen and oxygen atoms in total. The van der Waals surface area contributed by atoms with Crippen molar-refractivity contribution in [3.05, 3.63) is 87.4 Å². The lowest BCUT2D eigenvalue weighted by Gasteiger charge is -2.40. The average Bonchev–Trinajstić information content (AvgIpc) is 3.69. The van der Waals surface area contributed by atoms with Crippen molar-refractivity contribution in [2.45, 2.75) is 76.1 Å². The maximum Gasteiger partial charge on any atom is 0.262 e. The number of fused-ring (bicyclic) bond motifs is 2. The van der Waals surface area contributed by atoms with Gasteiger partial charge in [-0.3, -0.25) is 39.1 Å². The molecule has 1 N–H and O–H groups in total. The number of benzene rings is 2. The summed E-state index contributed by atoms with van der Waals surface area (Å²) in [6.45, 7) is 14.1. The number of carbonyl (C=O) groups excluding carboxylic acids is 5. The summed E-state index contributed by atoms with van der Waals surface area (Å²) in [6.07, 6.45) is 7.60. The summed E-state index contributed by atoms with van der Waals surface area (Å²) in [6, 6.07) is 11.8. The number of imide groups is 2. The Hall–Kier alpha value is -5.52. The van der Waals surface area contributed by atoms with Crippen molar-refractivity contribution in [2.24, 2.45) is 5.92 Å². The van der Waals surface area contributed by atoms with E-state index >= 15 is 0 Å². The van der Waals surface area contributed by atoms with E-state index in [0.717, 1.165) is 106 Å². The molecule has 2 aromatic carbocycles. The number of carbonyl (C=O) groups is 5. The first kappa shape index (κ1) is 38.0. The Bertz CT molecular complexity index is 2220. The van der Waals surface area contributed by atoms with Crippen LogP contribution in [0.25, 0.3) is 4.85 Å². The van der Waals surface area contributed by atoms with Gasteiger partial charge in [0.2, 0.25) is 17.5 Å². The Morgan fingerprint density at radius 3 is 2.28 bits per heavy atom. The van der Waals surface area contributed by atoms with Crippen LogP contribution in [-0.2, 0) is 16.1 Å². The molecule has 1 atom stereocenters. The highest BCUT2D eigenvalue weighted by molar-refractivity contribution is 6.33. The van der Waals surface area contributed by atoms with Crippen molar-refractivity contribution in [3.63, 3.8) is 0 Å². The van der Waals surface area contributed by atoms with E-state index in [1.54, 1.807) is 36.5 Å². The Morgan fingerprint density at radius 2 is 1.55 bits per heavy atom. The first-order chi connectivity index (χ1) is 28.1. The third-order valence-corrected chi connectivity index (χ3v) is 13.2. The van der Waals surface area contributed by atoms with Gasteiger partial charge in [-0.05, 0) is 92.8 Å². The van der Waals surface area contributed by atoms with E-state index in [9.17, 15) is 24.0 Å². The van der Waals surface area contributed by atoms with Crippen LogP contribution in [0, 0.1) is 12.5 Å². The molecule has 15 heteroatoms. The summed E-state index contributed by atoms with van der Waals surface area (Å²) in [4.78, 5) is 82.3. The van der Waals surface area contributed by atoms with Crippen molar-refractivity contribution < 1.29 is 28.7 Å². The van der Waals surface area contributed by atoms with Gasteiger partial charge >= 0.3 is 0 Å². The fraction of sp³-hybridized carbons (Fsp3) is 0.465. The van der Waals surface area contributed by atoms with E-state index in [0.29, 0.717) is 45.6 Å². The molecule has 4 fully saturated rings. The predicted molar refractivity (Wildman–Crippen MR) is 215 cm³/mol. The molecule has 6 aliphatic rings. The zero-order valence-electron chi connectivity index (χ0n) is 32.2. The second kappa shape index (κ2) is 15.7. The van der Waals surface area contributed by atoms with Crippen molar-refractivity contribution in [3.8, 4) is 5.75 Å². The van der Waals surface area contributed by atoms with Crippen molar-refractivity contribution in [1.82, 2.24) is 25.0 Å². The van der Waals surface area contributed by atoms with E-state index in [-0.39, 0.29) is 30.9 Å². The zero-order valence-corrected chi connectivity index (χ0v) is 33.0. The van der Waals surface area contributed by atoms with E-state index < -0.39 is 29.7 Å². The summed E-state index contributed by atoms with van der Waals surface area (Å²) in [5.74, 6) is 0.277. The molecule has 58 heavy (non-hydrogen) atoms. The highest BCUT2D eigenvalue weighted by atomic mass is 35.5. The van der Waals surface area contributed by atoms with Gasteiger partial charge in [-0.2, -0.15) is 0 Å². The number of aromatic nitrogens is 1. The first-order valence-electron chi connectivity index (χ1n) is 20.3. The maximum atomic E-state index is 13.5. The number of halogens is 1. The fourth-order valence-electron chi connectivity index (χ4n) is 9.56. The van der Waals surface area contributed by atoms with Crippen LogP contribution in [0.1, 0.15) is 88.0 Å². The first-order valence-corrected chi connectivity index (χ1v) is 20.7. The van der Waals surface area contributed by atoms with Gasteiger partial charge in [-0.1, -0.05) is 17.7 Å². The summed E-state index contributed by atoms with van der Waals surface area (Å²) in [7, 11) is 0. The molecule has 9 rings (SSSR count). The minimum absolute atomic E-state index is 0.0486. The van der Waals surface area contributed by atoms with Gasteiger partial charge in [-0.15, -0.1) is 0 Å². The number of piperazine rings is 1. The molecular formula is C43H45ClN8O6. The average molecular weight is 805 g/mol. The van der Waals surface area contributed by atoms with Crippen LogP contribution in [0.3, 0.4) is 0 Å². The SMILES string of the molecule is [C-]#[N+]c1ccc(OC2CCC(N3Cc4cc(N5CCC(CN6CCN(c7ccc8c(c7)C(=O)N(C7CCC(=O)NC7=O)C8=O)CC6)CC5)ncc4C3=O)CC2)cc1Cl. The highest BCUT2D eigenvalue weighted by Crippen LogP contribution is 2.36. The Labute approximate surface area is 341 Å². The molecule has 300 valence electrons. The van der Waals surface area contributed by atoms with E-state index in [4.69, 9.17) is 27.9 Å². The van der Waals surface area contributed by atoms with Crippen molar-refractivity contribution in [2.75, 3.05) is 55.6 Å². The van der Waals surface area contributed by atoms with E-state index in [2.05, 4.69) is 30.9 Å². The number of piperidine rings is 2. The van der Waals surface area contributed by atoms with Crippen LogP contribution in [0.5, 0.6) is 5.75 Å². The molecule has 1 aliphatic carbocycles. The normalized spacial score (nSPS) is 24.2. The second-order valence-electron chi connectivity index (χ2n) is 16.3. The van der Waals surface area contributed by atoms with Gasteiger partial charge in [0.05, 0.1) is 34.4 Å². The number of nitrogens with zero attached hydrogens (tertiary/aromatic N) is 7. The Balaban J connectivity index is 0.730. The quantitative estimate of drug-likeness (QED) is 0.243. The number of nitrogens with one attached hydrogen (secondary N) is 1. The number of hydrogen-bond acceptors (Lipinski definition) is 10. The minimum Gasteiger partial charge on any atom is -0.490 e. The lowest BCUT2D eigenvalue weighted by molar-refractivity contribution is -0.136. The summed E-state index contributed by atoms with van der Waals surface area (Å²) >= 11 is 6.20. The standard InChI is InChI=1S/C43H45ClN8O6/c1-45-36-9-7-31(22-35(36)44)58-30-5-2-28(3-6-30)51-25-27-20-38(46-23-34(27)41(51)55)50-14-12-26(13-15-50)24-48-16-18-49(19-17-48)29-4-8-32-33(21-29)43(57)52(42(32)56)37-10-11-39(53)47-40(37)54/h4,7-9,20-23,26,28,30,37H,2-3,5-6,10-19,24-25H2,(H,47,53,54). The van der Waals surface area contributed by atoms with Crippen LogP contribution < -0.4 is 19.9 Å². The van der Waals surface area contributed by atoms with E-state index in [1.807, 2.05) is 11.0 Å². The predicted octanol–water partition coefficient (Wildman–Crippen LogP) is 5.07. The van der Waals surface area contributed by atoms with E-state index in [1.165, 1.54) is 0 Å². The molecule has 1 saturated carbocycles. The monoisotopic (exact) mass is 804 g/mol. The van der Waals surface area contributed by atoms with Crippen LogP contribution in [0.2, 0.25) is 5.02 Å². The smallest absolute Gasteiger partial charge is 0.262 e. The topological polar surface area (TPSA) is 140 Å². The van der Waals surface area contributed by atoms with Crippen molar-refractivity contribution in [1.29, 1.82) is 0 Å². The number of rotatable bonds is 8.